The zero-order valence-electron chi connectivity index (χ0n) is 17.0. The van der Waals surface area contributed by atoms with Crippen molar-refractivity contribution in [1.29, 1.82) is 0 Å². The minimum Gasteiger partial charge on any atom is -0.493 e. The lowest BCUT2D eigenvalue weighted by molar-refractivity contribution is 0.0950. The quantitative estimate of drug-likeness (QED) is 0.561. The number of carbonyl (C=O) groups is 1. The van der Waals surface area contributed by atoms with Gasteiger partial charge < -0.3 is 19.4 Å². The van der Waals surface area contributed by atoms with E-state index in [2.05, 4.69) is 10.3 Å². The number of methoxy groups -OCH3 is 1. The fourth-order valence-corrected chi connectivity index (χ4v) is 3.23. The summed E-state index contributed by atoms with van der Waals surface area (Å²) >= 11 is 6.27. The summed E-state index contributed by atoms with van der Waals surface area (Å²) < 4.78 is 27.1. The Labute approximate surface area is 179 Å². The first-order valence-electron chi connectivity index (χ1n) is 9.51. The molecule has 1 aromatic heterocycles. The Morgan fingerprint density at radius 3 is 2.73 bits per heavy atom. The molecular formula is C22H23ClFN3O3. The summed E-state index contributed by atoms with van der Waals surface area (Å²) in [6.07, 6.45) is 4.12. The van der Waals surface area contributed by atoms with Gasteiger partial charge in [-0.25, -0.2) is 9.37 Å². The van der Waals surface area contributed by atoms with Gasteiger partial charge in [-0.2, -0.15) is 0 Å². The Hall–Kier alpha value is -3.06. The highest BCUT2D eigenvalue weighted by molar-refractivity contribution is 6.32. The molecule has 1 N–H and O–H groups in total. The van der Waals surface area contributed by atoms with Crippen molar-refractivity contribution in [1.82, 2.24) is 14.9 Å². The fourth-order valence-electron chi connectivity index (χ4n) is 2.97. The van der Waals surface area contributed by atoms with E-state index >= 15 is 0 Å². The molecule has 3 aromatic rings. The molecular weight excluding hydrogens is 409 g/mol. The molecule has 30 heavy (non-hydrogen) atoms. The summed E-state index contributed by atoms with van der Waals surface area (Å²) in [5.74, 6) is 0.724. The van der Waals surface area contributed by atoms with Gasteiger partial charge in [0.1, 0.15) is 11.6 Å². The number of aromatic nitrogens is 2. The highest BCUT2D eigenvalue weighted by Gasteiger charge is 2.16. The third kappa shape index (κ3) is 4.74. The maximum atomic E-state index is 14.5. The Morgan fingerprint density at radius 1 is 1.30 bits per heavy atom. The molecule has 0 bridgehead atoms. The monoisotopic (exact) mass is 431 g/mol. The van der Waals surface area contributed by atoms with Crippen LogP contribution >= 0.6 is 11.6 Å². The van der Waals surface area contributed by atoms with Gasteiger partial charge in [-0.05, 0) is 43.2 Å². The highest BCUT2D eigenvalue weighted by Crippen LogP contribution is 2.36. The number of aryl methyl sites for hydroxylation is 1. The first kappa shape index (κ1) is 21.6. The fraction of sp³-hybridized carbons (Fsp3) is 0.273. The summed E-state index contributed by atoms with van der Waals surface area (Å²) in [5.41, 5.74) is 1.36. The van der Waals surface area contributed by atoms with Gasteiger partial charge in [-0.1, -0.05) is 24.6 Å². The number of nitrogens with zero attached hydrogens (tertiary/aromatic N) is 2. The summed E-state index contributed by atoms with van der Waals surface area (Å²) in [4.78, 5) is 16.7. The molecule has 2 aromatic carbocycles. The molecule has 6 nitrogen and oxygen atoms in total. The topological polar surface area (TPSA) is 65.4 Å². The van der Waals surface area contributed by atoms with Crippen LogP contribution in [0.5, 0.6) is 11.5 Å². The molecule has 0 unspecified atom stereocenters. The molecule has 1 heterocycles. The van der Waals surface area contributed by atoms with Crippen molar-refractivity contribution in [3.8, 4) is 17.2 Å². The Morgan fingerprint density at radius 2 is 2.10 bits per heavy atom. The zero-order chi connectivity index (χ0) is 21.7. The molecule has 158 valence electrons. The number of hydrogen-bond donors (Lipinski definition) is 1. The van der Waals surface area contributed by atoms with Gasteiger partial charge >= 0.3 is 0 Å². The third-order valence-electron chi connectivity index (χ3n) is 4.49. The SMILES string of the molecule is CCCOc1c(Cl)cc(C(=O)NCc2ccc(-n3ccnc3C)c(F)c2)cc1OC. The van der Waals surface area contributed by atoms with E-state index in [1.54, 1.807) is 42.1 Å². The number of benzene rings is 2. The standard InChI is InChI=1S/C22H23ClFN3O3/c1-4-9-30-21-17(23)11-16(12-20(21)29-3)22(28)26-13-15-5-6-19(18(24)10-15)27-8-7-25-14(27)2/h5-8,10-12H,4,9,13H2,1-3H3,(H,26,28). The van der Waals surface area contributed by atoms with E-state index in [0.717, 1.165) is 6.42 Å². The van der Waals surface area contributed by atoms with Crippen LogP contribution in [0.25, 0.3) is 5.69 Å². The van der Waals surface area contributed by atoms with E-state index < -0.39 is 5.82 Å². The van der Waals surface area contributed by atoms with Gasteiger partial charge in [0.25, 0.3) is 5.91 Å². The second-order valence-corrected chi connectivity index (χ2v) is 7.06. The first-order valence-corrected chi connectivity index (χ1v) is 9.89. The van der Waals surface area contributed by atoms with E-state index in [0.29, 0.717) is 45.8 Å². The summed E-state index contributed by atoms with van der Waals surface area (Å²) in [7, 11) is 1.48. The summed E-state index contributed by atoms with van der Waals surface area (Å²) in [5, 5.41) is 3.06. The molecule has 1 amide bonds. The van der Waals surface area contributed by atoms with Gasteiger partial charge in [0.2, 0.25) is 0 Å². The molecule has 3 rings (SSSR count). The van der Waals surface area contributed by atoms with Crippen LogP contribution in [0.15, 0.2) is 42.7 Å². The number of ether oxygens (including phenoxy) is 2. The lowest BCUT2D eigenvalue weighted by Crippen LogP contribution is -2.23. The summed E-state index contributed by atoms with van der Waals surface area (Å²) in [6, 6.07) is 7.90. The van der Waals surface area contributed by atoms with E-state index in [4.69, 9.17) is 21.1 Å². The molecule has 0 spiro atoms. The van der Waals surface area contributed by atoms with E-state index in [9.17, 15) is 9.18 Å². The number of rotatable bonds is 8. The predicted octanol–water partition coefficient (Wildman–Crippen LogP) is 4.70. The molecule has 8 heteroatoms. The molecule has 0 saturated heterocycles. The van der Waals surface area contributed by atoms with Crippen molar-refractivity contribution in [3.05, 3.63) is 70.5 Å². The highest BCUT2D eigenvalue weighted by atomic mass is 35.5. The molecule has 0 aliphatic rings. The lowest BCUT2D eigenvalue weighted by atomic mass is 10.1. The van der Waals surface area contributed by atoms with E-state index in [1.165, 1.54) is 19.2 Å². The lowest BCUT2D eigenvalue weighted by Gasteiger charge is -2.14. The Bertz CT molecular complexity index is 1050. The van der Waals surface area contributed by atoms with Gasteiger partial charge in [0.05, 0.1) is 24.4 Å². The number of hydrogen-bond acceptors (Lipinski definition) is 4. The van der Waals surface area contributed by atoms with Gasteiger partial charge in [-0.3, -0.25) is 4.79 Å². The second-order valence-electron chi connectivity index (χ2n) is 6.65. The molecule has 0 saturated carbocycles. The molecule has 0 fully saturated rings. The van der Waals surface area contributed by atoms with Crippen molar-refractivity contribution in [2.24, 2.45) is 0 Å². The number of amides is 1. The average Bonchev–Trinajstić information content (AvgIpc) is 3.16. The predicted molar refractivity (Wildman–Crippen MR) is 113 cm³/mol. The van der Waals surface area contributed by atoms with Crippen LogP contribution in [-0.4, -0.2) is 29.2 Å². The van der Waals surface area contributed by atoms with Crippen LogP contribution < -0.4 is 14.8 Å². The molecule has 0 radical (unpaired) electrons. The largest absolute Gasteiger partial charge is 0.493 e. The molecule has 0 aliphatic heterocycles. The average molecular weight is 432 g/mol. The van der Waals surface area contributed by atoms with Gasteiger partial charge in [0.15, 0.2) is 11.5 Å². The van der Waals surface area contributed by atoms with Crippen molar-refractivity contribution in [2.45, 2.75) is 26.8 Å². The number of carbonyl (C=O) groups excluding carboxylic acids is 1. The van der Waals surface area contributed by atoms with E-state index in [1.807, 2.05) is 6.92 Å². The molecule has 0 atom stereocenters. The number of nitrogens with one attached hydrogen (secondary N) is 1. The minimum atomic E-state index is -0.398. The summed E-state index contributed by atoms with van der Waals surface area (Å²) in [6.45, 7) is 4.43. The van der Waals surface area contributed by atoms with Crippen LogP contribution in [0.1, 0.15) is 35.1 Å². The van der Waals surface area contributed by atoms with Crippen LogP contribution in [0, 0.1) is 12.7 Å². The van der Waals surface area contributed by atoms with Crippen molar-refractivity contribution < 1.29 is 18.7 Å². The second kappa shape index (κ2) is 9.63. The number of halogens is 2. The normalized spacial score (nSPS) is 10.7. The minimum absolute atomic E-state index is 0.160. The maximum absolute atomic E-state index is 14.5. The first-order chi connectivity index (χ1) is 14.4. The smallest absolute Gasteiger partial charge is 0.251 e. The van der Waals surface area contributed by atoms with Crippen molar-refractivity contribution >= 4 is 17.5 Å². The maximum Gasteiger partial charge on any atom is 0.251 e. The van der Waals surface area contributed by atoms with Crippen LogP contribution in [0.4, 0.5) is 4.39 Å². The Balaban J connectivity index is 1.72. The van der Waals surface area contributed by atoms with Crippen LogP contribution in [0.2, 0.25) is 5.02 Å². The van der Waals surface area contributed by atoms with Crippen LogP contribution in [-0.2, 0) is 6.54 Å². The Kier molecular flexibility index (Phi) is 6.95. The van der Waals surface area contributed by atoms with Crippen molar-refractivity contribution in [3.63, 3.8) is 0 Å². The number of imidazole rings is 1. The molecule has 0 aliphatic carbocycles. The third-order valence-corrected chi connectivity index (χ3v) is 4.77. The van der Waals surface area contributed by atoms with Crippen LogP contribution in [0.3, 0.4) is 0 Å². The van der Waals surface area contributed by atoms with Gasteiger partial charge in [-0.15, -0.1) is 0 Å². The zero-order valence-corrected chi connectivity index (χ0v) is 17.8. The van der Waals surface area contributed by atoms with Crippen molar-refractivity contribution in [2.75, 3.05) is 13.7 Å². The van der Waals surface area contributed by atoms with E-state index in [-0.39, 0.29) is 12.5 Å². The van der Waals surface area contributed by atoms with Gasteiger partial charge in [0, 0.05) is 24.5 Å².